The normalized spacial score (nSPS) is 22.9. The summed E-state index contributed by atoms with van der Waals surface area (Å²) < 4.78 is 0. The zero-order valence-corrected chi connectivity index (χ0v) is 11.1. The SMILES string of the molecule is Cc1ccncc1CN1CCN(C2CNC2)CC1. The first kappa shape index (κ1) is 12.1. The summed E-state index contributed by atoms with van der Waals surface area (Å²) in [5, 5.41) is 3.35. The number of aryl methyl sites for hydroxylation is 1. The number of pyridine rings is 1. The Kier molecular flexibility index (Phi) is 3.59. The molecule has 1 N–H and O–H groups in total. The monoisotopic (exact) mass is 246 g/mol. The molecule has 3 heterocycles. The average Bonchev–Trinajstić information content (AvgIpc) is 2.32. The van der Waals surface area contributed by atoms with E-state index >= 15 is 0 Å². The van der Waals surface area contributed by atoms with E-state index in [-0.39, 0.29) is 0 Å². The van der Waals surface area contributed by atoms with E-state index in [9.17, 15) is 0 Å². The molecule has 1 aromatic heterocycles. The minimum atomic E-state index is 0.798. The lowest BCUT2D eigenvalue weighted by molar-refractivity contribution is 0.0694. The van der Waals surface area contributed by atoms with E-state index in [0.717, 1.165) is 12.6 Å². The number of aromatic nitrogens is 1. The number of hydrogen-bond donors (Lipinski definition) is 1. The number of nitrogens with one attached hydrogen (secondary N) is 1. The fourth-order valence-electron chi connectivity index (χ4n) is 2.72. The highest BCUT2D eigenvalue weighted by Gasteiger charge is 2.27. The minimum Gasteiger partial charge on any atom is -0.314 e. The quantitative estimate of drug-likeness (QED) is 0.840. The van der Waals surface area contributed by atoms with Gasteiger partial charge in [0.1, 0.15) is 0 Å². The van der Waals surface area contributed by atoms with Gasteiger partial charge in [0.15, 0.2) is 0 Å². The largest absolute Gasteiger partial charge is 0.314 e. The van der Waals surface area contributed by atoms with Crippen LogP contribution in [0.1, 0.15) is 11.1 Å². The Morgan fingerprint density at radius 2 is 2.06 bits per heavy atom. The molecule has 2 fully saturated rings. The van der Waals surface area contributed by atoms with E-state index in [2.05, 4.69) is 33.1 Å². The smallest absolute Gasteiger partial charge is 0.0346 e. The van der Waals surface area contributed by atoms with Crippen molar-refractivity contribution in [3.8, 4) is 0 Å². The molecule has 0 spiro atoms. The van der Waals surface area contributed by atoms with Crippen molar-refractivity contribution in [2.24, 2.45) is 0 Å². The van der Waals surface area contributed by atoms with Crippen LogP contribution >= 0.6 is 0 Å². The van der Waals surface area contributed by atoms with Crippen LogP contribution in [-0.4, -0.2) is 60.1 Å². The van der Waals surface area contributed by atoms with Crippen molar-refractivity contribution < 1.29 is 0 Å². The van der Waals surface area contributed by atoms with Gasteiger partial charge in [0, 0.05) is 64.2 Å². The van der Waals surface area contributed by atoms with Crippen molar-refractivity contribution in [2.75, 3.05) is 39.3 Å². The van der Waals surface area contributed by atoms with Gasteiger partial charge in [0.2, 0.25) is 0 Å². The maximum atomic E-state index is 4.23. The standard InChI is InChI=1S/C14H22N4/c1-12-2-3-15-8-13(12)11-17-4-6-18(7-5-17)14-9-16-10-14/h2-3,8,14,16H,4-7,9-11H2,1H3. The fraction of sp³-hybridized carbons (Fsp3) is 0.643. The van der Waals surface area contributed by atoms with Crippen molar-refractivity contribution in [1.82, 2.24) is 20.1 Å². The molecule has 98 valence electrons. The molecule has 0 bridgehead atoms. The lowest BCUT2D eigenvalue weighted by atomic mass is 10.1. The molecule has 2 aliphatic heterocycles. The number of piperazine rings is 1. The van der Waals surface area contributed by atoms with Gasteiger partial charge in [-0.3, -0.25) is 14.8 Å². The van der Waals surface area contributed by atoms with Gasteiger partial charge in [-0.2, -0.15) is 0 Å². The molecule has 0 aromatic carbocycles. The zero-order valence-electron chi connectivity index (χ0n) is 11.1. The van der Waals surface area contributed by atoms with Crippen molar-refractivity contribution in [3.05, 3.63) is 29.6 Å². The molecule has 4 heteroatoms. The van der Waals surface area contributed by atoms with Gasteiger partial charge in [-0.1, -0.05) is 0 Å². The van der Waals surface area contributed by atoms with Gasteiger partial charge in [-0.25, -0.2) is 0 Å². The van der Waals surface area contributed by atoms with Crippen LogP contribution in [-0.2, 0) is 6.54 Å². The molecule has 0 saturated carbocycles. The average molecular weight is 246 g/mol. The lowest BCUT2D eigenvalue weighted by Crippen LogP contribution is -2.61. The first-order valence-corrected chi connectivity index (χ1v) is 6.89. The summed E-state index contributed by atoms with van der Waals surface area (Å²) in [6.07, 6.45) is 3.89. The van der Waals surface area contributed by atoms with Crippen LogP contribution in [0.4, 0.5) is 0 Å². The fourth-order valence-corrected chi connectivity index (χ4v) is 2.72. The highest BCUT2D eigenvalue weighted by molar-refractivity contribution is 5.21. The lowest BCUT2D eigenvalue weighted by Gasteiger charge is -2.43. The summed E-state index contributed by atoms with van der Waals surface area (Å²) in [6, 6.07) is 2.90. The number of hydrogen-bond acceptors (Lipinski definition) is 4. The molecule has 3 rings (SSSR count). The van der Waals surface area contributed by atoms with E-state index in [1.807, 2.05) is 12.4 Å². The topological polar surface area (TPSA) is 31.4 Å². The van der Waals surface area contributed by atoms with Gasteiger partial charge in [0.25, 0.3) is 0 Å². The molecule has 18 heavy (non-hydrogen) atoms. The van der Waals surface area contributed by atoms with Crippen LogP contribution in [0.3, 0.4) is 0 Å². The Morgan fingerprint density at radius 1 is 1.28 bits per heavy atom. The van der Waals surface area contributed by atoms with Crippen LogP contribution in [0.5, 0.6) is 0 Å². The van der Waals surface area contributed by atoms with Crippen LogP contribution < -0.4 is 5.32 Å². The third-order valence-electron chi connectivity index (χ3n) is 4.22. The summed E-state index contributed by atoms with van der Waals surface area (Å²) in [5.41, 5.74) is 2.73. The summed E-state index contributed by atoms with van der Waals surface area (Å²) >= 11 is 0. The van der Waals surface area contributed by atoms with Crippen molar-refractivity contribution in [3.63, 3.8) is 0 Å². The predicted octanol–water partition coefficient (Wildman–Crippen LogP) is 0.479. The Balaban J connectivity index is 1.52. The highest BCUT2D eigenvalue weighted by atomic mass is 15.3. The van der Waals surface area contributed by atoms with Gasteiger partial charge < -0.3 is 5.32 Å². The highest BCUT2D eigenvalue weighted by Crippen LogP contribution is 2.13. The number of nitrogens with zero attached hydrogens (tertiary/aromatic N) is 3. The molecular formula is C14H22N4. The molecule has 0 aliphatic carbocycles. The Morgan fingerprint density at radius 3 is 2.67 bits per heavy atom. The Hall–Kier alpha value is -0.970. The van der Waals surface area contributed by atoms with Crippen LogP contribution in [0.15, 0.2) is 18.5 Å². The predicted molar refractivity (Wildman–Crippen MR) is 72.5 cm³/mol. The third kappa shape index (κ3) is 2.55. The van der Waals surface area contributed by atoms with Gasteiger partial charge in [-0.05, 0) is 24.1 Å². The summed E-state index contributed by atoms with van der Waals surface area (Å²) in [7, 11) is 0. The van der Waals surface area contributed by atoms with Crippen LogP contribution in [0.25, 0.3) is 0 Å². The second kappa shape index (κ2) is 5.34. The Bertz CT molecular complexity index is 395. The molecular weight excluding hydrogens is 224 g/mol. The molecule has 4 nitrogen and oxygen atoms in total. The second-order valence-corrected chi connectivity index (χ2v) is 5.43. The van der Waals surface area contributed by atoms with Crippen molar-refractivity contribution in [2.45, 2.75) is 19.5 Å². The summed E-state index contributed by atoms with van der Waals surface area (Å²) in [6.45, 7) is 10.4. The molecule has 0 atom stereocenters. The second-order valence-electron chi connectivity index (χ2n) is 5.43. The van der Waals surface area contributed by atoms with Gasteiger partial charge >= 0.3 is 0 Å². The molecule has 0 amide bonds. The van der Waals surface area contributed by atoms with E-state index in [0.29, 0.717) is 0 Å². The molecule has 0 unspecified atom stereocenters. The van der Waals surface area contributed by atoms with E-state index in [1.165, 1.54) is 50.4 Å². The zero-order chi connectivity index (χ0) is 12.4. The molecule has 0 radical (unpaired) electrons. The first-order valence-electron chi connectivity index (χ1n) is 6.89. The van der Waals surface area contributed by atoms with E-state index in [1.54, 1.807) is 0 Å². The Labute approximate surface area is 109 Å². The van der Waals surface area contributed by atoms with E-state index in [4.69, 9.17) is 0 Å². The van der Waals surface area contributed by atoms with Crippen LogP contribution in [0.2, 0.25) is 0 Å². The number of rotatable bonds is 3. The summed E-state index contributed by atoms with van der Waals surface area (Å²) in [5.74, 6) is 0. The van der Waals surface area contributed by atoms with Crippen LogP contribution in [0, 0.1) is 6.92 Å². The maximum Gasteiger partial charge on any atom is 0.0346 e. The van der Waals surface area contributed by atoms with Gasteiger partial charge in [-0.15, -0.1) is 0 Å². The molecule has 2 saturated heterocycles. The maximum absolute atomic E-state index is 4.23. The first-order chi connectivity index (χ1) is 8.83. The van der Waals surface area contributed by atoms with Crippen molar-refractivity contribution in [1.29, 1.82) is 0 Å². The van der Waals surface area contributed by atoms with E-state index < -0.39 is 0 Å². The van der Waals surface area contributed by atoms with Crippen molar-refractivity contribution >= 4 is 0 Å². The molecule has 2 aliphatic rings. The van der Waals surface area contributed by atoms with Gasteiger partial charge in [0.05, 0.1) is 0 Å². The molecule has 1 aromatic rings. The minimum absolute atomic E-state index is 0.798. The summed E-state index contributed by atoms with van der Waals surface area (Å²) in [4.78, 5) is 9.41. The third-order valence-corrected chi connectivity index (χ3v) is 4.22.